The predicted molar refractivity (Wildman–Crippen MR) is 92.7 cm³/mol. The van der Waals surface area contributed by atoms with Gasteiger partial charge in [-0.1, -0.05) is 46.5 Å². The van der Waals surface area contributed by atoms with Crippen molar-refractivity contribution in [3.05, 3.63) is 0 Å². The Balaban J connectivity index is 1.94. The third-order valence-electron chi connectivity index (χ3n) is 5.93. The van der Waals surface area contributed by atoms with Crippen molar-refractivity contribution < 1.29 is 0 Å². The maximum atomic E-state index is 3.85. The van der Waals surface area contributed by atoms with Crippen LogP contribution in [-0.2, 0) is 0 Å². The van der Waals surface area contributed by atoms with E-state index in [2.05, 4.69) is 31.0 Å². The van der Waals surface area contributed by atoms with Crippen LogP contribution in [0.3, 0.4) is 0 Å². The Bertz CT molecular complexity index is 279. The minimum absolute atomic E-state index is 0.708. The maximum absolute atomic E-state index is 3.85. The van der Waals surface area contributed by atoms with Crippen molar-refractivity contribution in [3.63, 3.8) is 0 Å². The van der Waals surface area contributed by atoms with Gasteiger partial charge in [-0.25, -0.2) is 0 Å². The van der Waals surface area contributed by atoms with Crippen molar-refractivity contribution in [2.45, 2.75) is 90.6 Å². The zero-order valence-electron chi connectivity index (χ0n) is 14.7. The first kappa shape index (κ1) is 17.3. The van der Waals surface area contributed by atoms with Gasteiger partial charge >= 0.3 is 0 Å². The Morgan fingerprint density at radius 3 is 2.43 bits per heavy atom. The molecule has 1 aliphatic carbocycles. The fourth-order valence-corrected chi connectivity index (χ4v) is 4.80. The van der Waals surface area contributed by atoms with Gasteiger partial charge in [0.25, 0.3) is 0 Å². The highest BCUT2D eigenvalue weighted by molar-refractivity contribution is 4.90. The van der Waals surface area contributed by atoms with E-state index in [1.165, 1.54) is 77.4 Å². The molecule has 0 aromatic carbocycles. The second-order valence-corrected chi connectivity index (χ2v) is 7.41. The number of piperidine rings is 1. The molecule has 4 atom stereocenters. The number of rotatable bonds is 8. The molecule has 1 N–H and O–H groups in total. The van der Waals surface area contributed by atoms with Crippen LogP contribution in [0.25, 0.3) is 0 Å². The van der Waals surface area contributed by atoms with Gasteiger partial charge in [0.2, 0.25) is 0 Å². The third kappa shape index (κ3) is 4.69. The Hall–Kier alpha value is -0.0800. The van der Waals surface area contributed by atoms with Gasteiger partial charge in [-0.15, -0.1) is 0 Å². The first-order chi connectivity index (χ1) is 10.3. The average molecular weight is 295 g/mol. The molecule has 1 saturated carbocycles. The Morgan fingerprint density at radius 1 is 1.00 bits per heavy atom. The average Bonchev–Trinajstić information content (AvgIpc) is 2.53. The van der Waals surface area contributed by atoms with Gasteiger partial charge in [-0.05, 0) is 57.0 Å². The summed E-state index contributed by atoms with van der Waals surface area (Å²) in [4.78, 5) is 2.86. The summed E-state index contributed by atoms with van der Waals surface area (Å²) in [7, 11) is 0. The minimum atomic E-state index is 0.708. The summed E-state index contributed by atoms with van der Waals surface area (Å²) in [6.45, 7) is 10.9. The molecule has 0 bridgehead atoms. The van der Waals surface area contributed by atoms with Gasteiger partial charge in [-0.3, -0.25) is 4.90 Å². The highest BCUT2D eigenvalue weighted by Gasteiger charge is 2.35. The fraction of sp³-hybridized carbons (Fsp3) is 1.00. The standard InChI is InChI=1S/C19H38N2/c1-4-9-18(20-13-5-2)19(6-3)21-14-12-16-10-7-8-11-17(16)15-21/h16-20H,4-15H2,1-3H3. The van der Waals surface area contributed by atoms with Gasteiger partial charge in [0, 0.05) is 18.6 Å². The lowest BCUT2D eigenvalue weighted by Crippen LogP contribution is -2.54. The molecule has 0 aromatic rings. The first-order valence-corrected chi connectivity index (χ1v) is 9.77. The molecule has 0 radical (unpaired) electrons. The number of nitrogens with zero attached hydrogens (tertiary/aromatic N) is 1. The molecule has 2 aliphatic rings. The van der Waals surface area contributed by atoms with E-state index in [1.807, 2.05) is 0 Å². The smallest absolute Gasteiger partial charge is 0.0246 e. The summed E-state index contributed by atoms with van der Waals surface area (Å²) in [6.07, 6.45) is 12.7. The third-order valence-corrected chi connectivity index (χ3v) is 5.93. The van der Waals surface area contributed by atoms with Gasteiger partial charge < -0.3 is 5.32 Å². The van der Waals surface area contributed by atoms with E-state index in [0.29, 0.717) is 6.04 Å². The van der Waals surface area contributed by atoms with E-state index in [-0.39, 0.29) is 0 Å². The van der Waals surface area contributed by atoms with Crippen molar-refractivity contribution in [2.24, 2.45) is 11.8 Å². The SMILES string of the molecule is CCCNC(CCC)C(CC)N1CCC2CCCCC2C1. The molecule has 2 heteroatoms. The van der Waals surface area contributed by atoms with Gasteiger partial charge in [-0.2, -0.15) is 0 Å². The number of likely N-dealkylation sites (tertiary alicyclic amines) is 1. The van der Waals surface area contributed by atoms with E-state index in [0.717, 1.165) is 17.9 Å². The normalized spacial score (nSPS) is 29.9. The van der Waals surface area contributed by atoms with Crippen molar-refractivity contribution >= 4 is 0 Å². The van der Waals surface area contributed by atoms with Crippen LogP contribution in [0.2, 0.25) is 0 Å². The number of hydrogen-bond donors (Lipinski definition) is 1. The Labute approximate surface area is 133 Å². The second-order valence-electron chi connectivity index (χ2n) is 7.41. The molecule has 4 unspecified atom stereocenters. The van der Waals surface area contributed by atoms with E-state index in [1.54, 1.807) is 0 Å². The summed E-state index contributed by atoms with van der Waals surface area (Å²) in [5, 5.41) is 3.85. The zero-order chi connectivity index (χ0) is 15.1. The van der Waals surface area contributed by atoms with Crippen molar-refractivity contribution in [1.29, 1.82) is 0 Å². The summed E-state index contributed by atoms with van der Waals surface area (Å²) < 4.78 is 0. The lowest BCUT2D eigenvalue weighted by molar-refractivity contribution is 0.0404. The fourth-order valence-electron chi connectivity index (χ4n) is 4.80. The molecule has 2 fully saturated rings. The summed E-state index contributed by atoms with van der Waals surface area (Å²) >= 11 is 0. The molecule has 1 heterocycles. The molecule has 124 valence electrons. The van der Waals surface area contributed by atoms with Crippen LogP contribution in [0.15, 0.2) is 0 Å². The Morgan fingerprint density at radius 2 is 1.76 bits per heavy atom. The Kier molecular flexibility index (Phi) is 7.53. The zero-order valence-corrected chi connectivity index (χ0v) is 14.7. The first-order valence-electron chi connectivity index (χ1n) is 9.77. The van der Waals surface area contributed by atoms with Crippen LogP contribution in [0.5, 0.6) is 0 Å². The highest BCUT2D eigenvalue weighted by atomic mass is 15.2. The molecule has 2 nitrogen and oxygen atoms in total. The molecule has 21 heavy (non-hydrogen) atoms. The summed E-state index contributed by atoms with van der Waals surface area (Å²) in [5.74, 6) is 2.07. The van der Waals surface area contributed by atoms with E-state index < -0.39 is 0 Å². The number of fused-ring (bicyclic) bond motifs is 1. The van der Waals surface area contributed by atoms with Crippen LogP contribution in [0, 0.1) is 11.8 Å². The van der Waals surface area contributed by atoms with E-state index >= 15 is 0 Å². The van der Waals surface area contributed by atoms with Crippen LogP contribution < -0.4 is 5.32 Å². The lowest BCUT2D eigenvalue weighted by atomic mass is 9.74. The predicted octanol–water partition coefficient (Wildman–Crippen LogP) is 4.45. The van der Waals surface area contributed by atoms with E-state index in [4.69, 9.17) is 0 Å². The quantitative estimate of drug-likeness (QED) is 0.711. The van der Waals surface area contributed by atoms with Crippen LogP contribution >= 0.6 is 0 Å². The monoisotopic (exact) mass is 294 g/mol. The number of hydrogen-bond acceptors (Lipinski definition) is 2. The lowest BCUT2D eigenvalue weighted by Gasteiger charge is -2.46. The summed E-state index contributed by atoms with van der Waals surface area (Å²) in [5.41, 5.74) is 0. The van der Waals surface area contributed by atoms with Crippen LogP contribution in [0.4, 0.5) is 0 Å². The number of nitrogens with one attached hydrogen (secondary N) is 1. The van der Waals surface area contributed by atoms with Gasteiger partial charge in [0.05, 0.1) is 0 Å². The molecular formula is C19H38N2. The van der Waals surface area contributed by atoms with Crippen LogP contribution in [-0.4, -0.2) is 36.6 Å². The molecule has 0 amide bonds. The summed E-state index contributed by atoms with van der Waals surface area (Å²) in [6, 6.07) is 1.47. The molecule has 1 aliphatic heterocycles. The van der Waals surface area contributed by atoms with Crippen molar-refractivity contribution in [3.8, 4) is 0 Å². The van der Waals surface area contributed by atoms with E-state index in [9.17, 15) is 0 Å². The molecule has 0 spiro atoms. The second kappa shape index (κ2) is 9.15. The van der Waals surface area contributed by atoms with Gasteiger partial charge in [0.15, 0.2) is 0 Å². The van der Waals surface area contributed by atoms with Crippen molar-refractivity contribution in [2.75, 3.05) is 19.6 Å². The topological polar surface area (TPSA) is 15.3 Å². The highest BCUT2D eigenvalue weighted by Crippen LogP contribution is 2.37. The van der Waals surface area contributed by atoms with Crippen molar-refractivity contribution in [1.82, 2.24) is 10.2 Å². The molecular weight excluding hydrogens is 256 g/mol. The largest absolute Gasteiger partial charge is 0.312 e. The molecule has 1 saturated heterocycles. The maximum Gasteiger partial charge on any atom is 0.0246 e. The molecule has 0 aromatic heterocycles. The van der Waals surface area contributed by atoms with Gasteiger partial charge in [0.1, 0.15) is 0 Å². The molecule has 2 rings (SSSR count). The minimum Gasteiger partial charge on any atom is -0.312 e. The van der Waals surface area contributed by atoms with Crippen LogP contribution in [0.1, 0.15) is 78.6 Å².